The standard InChI is InChI=1S/C12H17N3O3/c1-8-9(4-5-18-8)7-14-10-2-3-12(15(16)17)11(13)6-10/h2-3,6,8-9,14H,4-5,7,13H2,1H3. The molecule has 18 heavy (non-hydrogen) atoms. The molecule has 0 radical (unpaired) electrons. The predicted molar refractivity (Wildman–Crippen MR) is 69.5 cm³/mol. The number of nitrogens with one attached hydrogen (secondary N) is 1. The number of benzene rings is 1. The molecule has 1 aromatic carbocycles. The molecule has 0 spiro atoms. The molecule has 0 bridgehead atoms. The zero-order valence-electron chi connectivity index (χ0n) is 10.3. The minimum atomic E-state index is -0.480. The first kappa shape index (κ1) is 12.6. The summed E-state index contributed by atoms with van der Waals surface area (Å²) >= 11 is 0. The van der Waals surface area contributed by atoms with E-state index in [1.807, 2.05) is 0 Å². The highest BCUT2D eigenvalue weighted by molar-refractivity contribution is 5.65. The zero-order valence-corrected chi connectivity index (χ0v) is 10.3. The first-order valence-electron chi connectivity index (χ1n) is 5.97. The van der Waals surface area contributed by atoms with Crippen molar-refractivity contribution < 1.29 is 9.66 Å². The van der Waals surface area contributed by atoms with E-state index in [0.29, 0.717) is 5.92 Å². The fourth-order valence-electron chi connectivity index (χ4n) is 2.12. The molecule has 1 fully saturated rings. The van der Waals surface area contributed by atoms with Crippen LogP contribution in [0.15, 0.2) is 18.2 Å². The molecule has 3 N–H and O–H groups in total. The van der Waals surface area contributed by atoms with Crippen molar-refractivity contribution in [1.29, 1.82) is 0 Å². The lowest BCUT2D eigenvalue weighted by molar-refractivity contribution is -0.383. The molecule has 98 valence electrons. The van der Waals surface area contributed by atoms with Crippen LogP contribution < -0.4 is 11.1 Å². The smallest absolute Gasteiger partial charge is 0.292 e. The van der Waals surface area contributed by atoms with E-state index in [2.05, 4.69) is 12.2 Å². The monoisotopic (exact) mass is 251 g/mol. The molecule has 1 heterocycles. The molecule has 0 saturated carbocycles. The number of nitro groups is 1. The van der Waals surface area contributed by atoms with Gasteiger partial charge in [-0.15, -0.1) is 0 Å². The SMILES string of the molecule is CC1OCCC1CNc1ccc([N+](=O)[O-])c(N)c1. The molecule has 6 nitrogen and oxygen atoms in total. The maximum atomic E-state index is 10.6. The average molecular weight is 251 g/mol. The molecule has 1 aromatic rings. The van der Waals surface area contributed by atoms with Gasteiger partial charge in [0.25, 0.3) is 5.69 Å². The van der Waals surface area contributed by atoms with Crippen molar-refractivity contribution in [3.8, 4) is 0 Å². The van der Waals surface area contributed by atoms with Crippen LogP contribution in [-0.2, 0) is 4.74 Å². The Bertz CT molecular complexity index is 450. The molecule has 2 atom stereocenters. The Kier molecular flexibility index (Phi) is 3.66. The van der Waals surface area contributed by atoms with E-state index in [9.17, 15) is 10.1 Å². The van der Waals surface area contributed by atoms with Crippen molar-refractivity contribution in [2.45, 2.75) is 19.4 Å². The van der Waals surface area contributed by atoms with Crippen LogP contribution in [0.4, 0.5) is 17.1 Å². The maximum Gasteiger partial charge on any atom is 0.292 e. The summed E-state index contributed by atoms with van der Waals surface area (Å²) < 4.78 is 5.47. The van der Waals surface area contributed by atoms with Crippen molar-refractivity contribution in [3.05, 3.63) is 28.3 Å². The molecule has 0 aromatic heterocycles. The van der Waals surface area contributed by atoms with Crippen LogP contribution in [0.25, 0.3) is 0 Å². The molecule has 2 unspecified atom stereocenters. The minimum absolute atomic E-state index is 0.0573. The van der Waals surface area contributed by atoms with Gasteiger partial charge >= 0.3 is 0 Å². The minimum Gasteiger partial charge on any atom is -0.393 e. The van der Waals surface area contributed by atoms with Gasteiger partial charge in [0.05, 0.1) is 11.0 Å². The normalized spacial score (nSPS) is 22.9. The lowest BCUT2D eigenvalue weighted by atomic mass is 10.0. The quantitative estimate of drug-likeness (QED) is 0.485. The fraction of sp³-hybridized carbons (Fsp3) is 0.500. The van der Waals surface area contributed by atoms with Gasteiger partial charge in [-0.1, -0.05) is 0 Å². The number of nitrogens with zero attached hydrogens (tertiary/aromatic N) is 1. The van der Waals surface area contributed by atoms with Gasteiger partial charge in [-0.2, -0.15) is 0 Å². The second kappa shape index (κ2) is 5.22. The summed E-state index contributed by atoms with van der Waals surface area (Å²) in [6, 6.07) is 4.69. The number of hydrogen-bond donors (Lipinski definition) is 2. The summed E-state index contributed by atoms with van der Waals surface area (Å²) in [6.45, 7) is 3.65. The third-order valence-corrected chi connectivity index (χ3v) is 3.33. The van der Waals surface area contributed by atoms with Gasteiger partial charge in [0.1, 0.15) is 5.69 Å². The van der Waals surface area contributed by atoms with Gasteiger partial charge in [0, 0.05) is 30.8 Å². The van der Waals surface area contributed by atoms with Gasteiger partial charge in [-0.3, -0.25) is 10.1 Å². The molecule has 1 saturated heterocycles. The van der Waals surface area contributed by atoms with Crippen LogP contribution in [0.1, 0.15) is 13.3 Å². The van der Waals surface area contributed by atoms with Crippen LogP contribution in [0, 0.1) is 16.0 Å². The fourth-order valence-corrected chi connectivity index (χ4v) is 2.12. The first-order valence-corrected chi connectivity index (χ1v) is 5.97. The molecule has 6 heteroatoms. The molecule has 0 aliphatic carbocycles. The van der Waals surface area contributed by atoms with Gasteiger partial charge in [0.2, 0.25) is 0 Å². The Balaban J connectivity index is 1.98. The van der Waals surface area contributed by atoms with E-state index in [1.165, 1.54) is 6.07 Å². The topological polar surface area (TPSA) is 90.4 Å². The third kappa shape index (κ3) is 2.70. The number of nitrogens with two attached hydrogens (primary N) is 1. The number of hydrogen-bond acceptors (Lipinski definition) is 5. The molecular weight excluding hydrogens is 234 g/mol. The lowest BCUT2D eigenvalue weighted by Crippen LogP contribution is -2.20. The van der Waals surface area contributed by atoms with Crippen LogP contribution in [0.3, 0.4) is 0 Å². The summed E-state index contributed by atoms with van der Waals surface area (Å²) in [4.78, 5) is 10.2. The van der Waals surface area contributed by atoms with Gasteiger partial charge in [0.15, 0.2) is 0 Å². The molecule has 2 rings (SSSR count). The second-order valence-corrected chi connectivity index (χ2v) is 4.54. The molecule has 1 aliphatic rings. The van der Waals surface area contributed by atoms with Crippen LogP contribution in [0.5, 0.6) is 0 Å². The Labute approximate surface area is 105 Å². The third-order valence-electron chi connectivity index (χ3n) is 3.33. The number of anilines is 2. The van der Waals surface area contributed by atoms with Crippen molar-refractivity contribution in [2.24, 2.45) is 5.92 Å². The van der Waals surface area contributed by atoms with Crippen LogP contribution in [-0.4, -0.2) is 24.2 Å². The Morgan fingerprint density at radius 2 is 2.39 bits per heavy atom. The number of rotatable bonds is 4. The largest absolute Gasteiger partial charge is 0.393 e. The van der Waals surface area contributed by atoms with E-state index >= 15 is 0 Å². The Hall–Kier alpha value is -1.82. The van der Waals surface area contributed by atoms with Crippen LogP contribution >= 0.6 is 0 Å². The highest BCUT2D eigenvalue weighted by Crippen LogP contribution is 2.26. The van der Waals surface area contributed by atoms with Gasteiger partial charge < -0.3 is 15.8 Å². The summed E-state index contributed by atoms with van der Waals surface area (Å²) in [5, 5.41) is 13.9. The zero-order chi connectivity index (χ0) is 13.1. The second-order valence-electron chi connectivity index (χ2n) is 4.54. The van der Waals surface area contributed by atoms with Crippen molar-refractivity contribution in [1.82, 2.24) is 0 Å². The predicted octanol–water partition coefficient (Wildman–Crippen LogP) is 2.01. The number of nitrogen functional groups attached to an aromatic ring is 1. The Morgan fingerprint density at radius 3 is 2.94 bits per heavy atom. The molecule has 0 amide bonds. The van der Waals surface area contributed by atoms with E-state index in [4.69, 9.17) is 10.5 Å². The van der Waals surface area contributed by atoms with E-state index in [-0.39, 0.29) is 17.5 Å². The molecular formula is C12H17N3O3. The van der Waals surface area contributed by atoms with Crippen molar-refractivity contribution in [2.75, 3.05) is 24.2 Å². The summed E-state index contributed by atoms with van der Waals surface area (Å²) in [5.74, 6) is 0.474. The summed E-state index contributed by atoms with van der Waals surface area (Å²) in [5.41, 5.74) is 6.55. The van der Waals surface area contributed by atoms with E-state index in [0.717, 1.165) is 25.3 Å². The van der Waals surface area contributed by atoms with Gasteiger partial charge in [-0.25, -0.2) is 0 Å². The first-order chi connectivity index (χ1) is 8.58. The highest BCUT2D eigenvalue weighted by atomic mass is 16.6. The Morgan fingerprint density at radius 1 is 1.61 bits per heavy atom. The van der Waals surface area contributed by atoms with Gasteiger partial charge in [-0.05, 0) is 25.5 Å². The highest BCUT2D eigenvalue weighted by Gasteiger charge is 2.23. The number of nitro benzene ring substituents is 1. The number of ether oxygens (including phenoxy) is 1. The van der Waals surface area contributed by atoms with Crippen LogP contribution in [0.2, 0.25) is 0 Å². The maximum absolute atomic E-state index is 10.6. The van der Waals surface area contributed by atoms with E-state index < -0.39 is 4.92 Å². The van der Waals surface area contributed by atoms with Crippen molar-refractivity contribution >= 4 is 17.1 Å². The lowest BCUT2D eigenvalue weighted by Gasteiger charge is -2.15. The average Bonchev–Trinajstić information content (AvgIpc) is 2.72. The summed E-state index contributed by atoms with van der Waals surface area (Å²) in [6.07, 6.45) is 1.30. The van der Waals surface area contributed by atoms with Crippen molar-refractivity contribution in [3.63, 3.8) is 0 Å². The molecule has 1 aliphatic heterocycles. The summed E-state index contributed by atoms with van der Waals surface area (Å²) in [7, 11) is 0. The van der Waals surface area contributed by atoms with E-state index in [1.54, 1.807) is 12.1 Å².